The molecular weight excluding hydrogens is 360 g/mol. The highest BCUT2D eigenvalue weighted by atomic mass is 32.1. The number of Topliss-reactive ketones (excluding diaryl/α,β-unsaturated/α-hetero) is 1. The van der Waals surface area contributed by atoms with Gasteiger partial charge in [-0.15, -0.1) is 11.3 Å². The van der Waals surface area contributed by atoms with Gasteiger partial charge in [-0.2, -0.15) is 0 Å². The summed E-state index contributed by atoms with van der Waals surface area (Å²) in [7, 11) is 0. The van der Waals surface area contributed by atoms with E-state index in [1.54, 1.807) is 0 Å². The van der Waals surface area contributed by atoms with Crippen LogP contribution < -0.4 is 0 Å². The summed E-state index contributed by atoms with van der Waals surface area (Å²) < 4.78 is 7.25. The summed E-state index contributed by atoms with van der Waals surface area (Å²) >= 11 is 1.49. The van der Waals surface area contributed by atoms with Crippen molar-refractivity contribution in [3.63, 3.8) is 0 Å². The number of ether oxygens (including phenoxy) is 1. The van der Waals surface area contributed by atoms with Gasteiger partial charge in [0.1, 0.15) is 5.01 Å². The van der Waals surface area contributed by atoms with Crippen molar-refractivity contribution in [1.29, 1.82) is 0 Å². The van der Waals surface area contributed by atoms with Gasteiger partial charge in [0.15, 0.2) is 6.61 Å². The van der Waals surface area contributed by atoms with Crippen LogP contribution in [0.5, 0.6) is 0 Å². The maximum atomic E-state index is 12.4. The summed E-state index contributed by atoms with van der Waals surface area (Å²) in [5, 5.41) is 2.71. The molecule has 0 spiro atoms. The minimum atomic E-state index is -0.447. The van der Waals surface area contributed by atoms with Crippen LogP contribution in [0, 0.1) is 13.8 Å². The van der Waals surface area contributed by atoms with Crippen LogP contribution in [0.4, 0.5) is 0 Å². The first kappa shape index (κ1) is 19.0. The zero-order valence-electron chi connectivity index (χ0n) is 15.7. The average Bonchev–Trinajstić information content (AvgIpc) is 3.24. The van der Waals surface area contributed by atoms with Crippen LogP contribution in [-0.2, 0) is 22.5 Å². The SMILES string of the molecule is CCn1c(C)cc(C(=O)COC(=O)Cc2csc(-c3ccccc3)n2)c1C. The number of carbonyl (C=O) groups is 2. The summed E-state index contributed by atoms with van der Waals surface area (Å²) in [4.78, 5) is 29.0. The van der Waals surface area contributed by atoms with E-state index in [1.165, 1.54) is 11.3 Å². The van der Waals surface area contributed by atoms with E-state index < -0.39 is 5.97 Å². The molecule has 0 saturated heterocycles. The molecule has 0 atom stereocenters. The van der Waals surface area contributed by atoms with Crippen LogP contribution >= 0.6 is 11.3 Å². The number of benzene rings is 1. The molecule has 0 bridgehead atoms. The molecule has 5 nitrogen and oxygen atoms in total. The number of nitrogens with zero attached hydrogens (tertiary/aromatic N) is 2. The van der Waals surface area contributed by atoms with Crippen LogP contribution in [0.3, 0.4) is 0 Å². The van der Waals surface area contributed by atoms with Crippen molar-refractivity contribution < 1.29 is 14.3 Å². The maximum Gasteiger partial charge on any atom is 0.312 e. The molecular formula is C21H22N2O3S. The Labute approximate surface area is 162 Å². The Morgan fingerprint density at radius 3 is 2.59 bits per heavy atom. The minimum Gasteiger partial charge on any atom is -0.457 e. The van der Waals surface area contributed by atoms with Crippen molar-refractivity contribution in [3.8, 4) is 10.6 Å². The second kappa shape index (κ2) is 8.31. The number of aryl methyl sites for hydroxylation is 1. The summed E-state index contributed by atoms with van der Waals surface area (Å²) in [5.41, 5.74) is 4.22. The first-order chi connectivity index (χ1) is 13.0. The Morgan fingerprint density at radius 2 is 1.93 bits per heavy atom. The number of hydrogen-bond donors (Lipinski definition) is 0. The number of hydrogen-bond acceptors (Lipinski definition) is 5. The van der Waals surface area contributed by atoms with E-state index >= 15 is 0 Å². The van der Waals surface area contributed by atoms with Gasteiger partial charge in [0.25, 0.3) is 0 Å². The lowest BCUT2D eigenvalue weighted by atomic mass is 10.1. The Hall–Kier alpha value is -2.73. The molecule has 0 N–H and O–H groups in total. The van der Waals surface area contributed by atoms with Gasteiger partial charge in [-0.05, 0) is 26.8 Å². The fraction of sp³-hybridized carbons (Fsp3) is 0.286. The lowest BCUT2D eigenvalue weighted by Gasteiger charge is -2.06. The fourth-order valence-corrected chi connectivity index (χ4v) is 3.92. The van der Waals surface area contributed by atoms with Crippen molar-refractivity contribution in [2.45, 2.75) is 33.7 Å². The van der Waals surface area contributed by atoms with Gasteiger partial charge in [0, 0.05) is 34.4 Å². The van der Waals surface area contributed by atoms with Crippen molar-refractivity contribution in [3.05, 3.63) is 64.4 Å². The third kappa shape index (κ3) is 4.34. The largest absolute Gasteiger partial charge is 0.457 e. The number of aromatic nitrogens is 2. The van der Waals surface area contributed by atoms with Gasteiger partial charge in [-0.1, -0.05) is 30.3 Å². The van der Waals surface area contributed by atoms with Crippen LogP contribution in [0.1, 0.15) is 34.4 Å². The molecule has 0 aliphatic carbocycles. The molecule has 140 valence electrons. The molecule has 0 aliphatic rings. The Bertz CT molecular complexity index is 957. The summed E-state index contributed by atoms with van der Waals surface area (Å²) in [6, 6.07) is 11.7. The molecule has 0 unspecified atom stereocenters. The molecule has 2 heterocycles. The smallest absolute Gasteiger partial charge is 0.312 e. The Balaban J connectivity index is 1.57. The molecule has 0 saturated carbocycles. The quantitative estimate of drug-likeness (QED) is 0.453. The Kier molecular flexibility index (Phi) is 5.86. The number of carbonyl (C=O) groups excluding carboxylic acids is 2. The lowest BCUT2D eigenvalue weighted by Crippen LogP contribution is -2.16. The Morgan fingerprint density at radius 1 is 1.19 bits per heavy atom. The number of rotatable bonds is 7. The lowest BCUT2D eigenvalue weighted by molar-refractivity contribution is -0.141. The summed E-state index contributed by atoms with van der Waals surface area (Å²) in [6.45, 7) is 6.46. The number of thiazole rings is 1. The highest BCUT2D eigenvalue weighted by Crippen LogP contribution is 2.23. The summed E-state index contributed by atoms with van der Waals surface area (Å²) in [6.07, 6.45) is 0.0601. The van der Waals surface area contributed by atoms with Gasteiger partial charge >= 0.3 is 5.97 Å². The van der Waals surface area contributed by atoms with E-state index in [9.17, 15) is 9.59 Å². The van der Waals surface area contributed by atoms with Gasteiger partial charge < -0.3 is 9.30 Å². The molecule has 0 fully saturated rings. The minimum absolute atomic E-state index is 0.0601. The van der Waals surface area contributed by atoms with Gasteiger partial charge in [-0.3, -0.25) is 9.59 Å². The predicted molar refractivity (Wildman–Crippen MR) is 106 cm³/mol. The van der Waals surface area contributed by atoms with E-state index in [1.807, 2.05) is 62.5 Å². The first-order valence-corrected chi connectivity index (χ1v) is 9.73. The normalized spacial score (nSPS) is 10.8. The van der Waals surface area contributed by atoms with E-state index in [0.717, 1.165) is 28.5 Å². The third-order valence-corrected chi connectivity index (χ3v) is 5.39. The molecule has 1 aromatic carbocycles. The summed E-state index contributed by atoms with van der Waals surface area (Å²) in [5.74, 6) is -0.628. The monoisotopic (exact) mass is 382 g/mol. The van der Waals surface area contributed by atoms with E-state index in [-0.39, 0.29) is 18.8 Å². The van der Waals surface area contributed by atoms with Gasteiger partial charge in [0.05, 0.1) is 12.1 Å². The molecule has 6 heteroatoms. The van der Waals surface area contributed by atoms with Crippen LogP contribution in [0.2, 0.25) is 0 Å². The third-order valence-electron chi connectivity index (χ3n) is 4.45. The molecule has 2 aromatic heterocycles. The number of esters is 1. The van der Waals surface area contributed by atoms with Crippen molar-refractivity contribution in [1.82, 2.24) is 9.55 Å². The maximum absolute atomic E-state index is 12.4. The molecule has 27 heavy (non-hydrogen) atoms. The highest BCUT2D eigenvalue weighted by Gasteiger charge is 2.17. The highest BCUT2D eigenvalue weighted by molar-refractivity contribution is 7.13. The van der Waals surface area contributed by atoms with Crippen LogP contribution in [0.25, 0.3) is 10.6 Å². The van der Waals surface area contributed by atoms with Crippen molar-refractivity contribution in [2.75, 3.05) is 6.61 Å². The molecule has 0 amide bonds. The zero-order valence-corrected chi connectivity index (χ0v) is 16.5. The topological polar surface area (TPSA) is 61.2 Å². The predicted octanol–water partition coefficient (Wildman–Crippen LogP) is 4.22. The first-order valence-electron chi connectivity index (χ1n) is 8.85. The molecule has 3 rings (SSSR count). The van der Waals surface area contributed by atoms with Crippen LogP contribution in [-0.4, -0.2) is 27.9 Å². The van der Waals surface area contributed by atoms with Crippen molar-refractivity contribution >= 4 is 23.1 Å². The van der Waals surface area contributed by atoms with Crippen molar-refractivity contribution in [2.24, 2.45) is 0 Å². The van der Waals surface area contributed by atoms with Gasteiger partial charge in [-0.25, -0.2) is 4.98 Å². The molecule has 3 aromatic rings. The van der Waals surface area contributed by atoms with Crippen LogP contribution in [0.15, 0.2) is 41.8 Å². The second-order valence-electron chi connectivity index (χ2n) is 6.30. The number of ketones is 1. The zero-order chi connectivity index (χ0) is 19.4. The van der Waals surface area contributed by atoms with Gasteiger partial charge in [0.2, 0.25) is 5.78 Å². The van der Waals surface area contributed by atoms with E-state index in [4.69, 9.17) is 4.74 Å². The molecule has 0 aliphatic heterocycles. The standard InChI is InChI=1S/C21H22N2O3S/c1-4-23-14(2)10-18(15(23)3)19(24)12-26-20(25)11-17-13-27-21(22-17)16-8-6-5-7-9-16/h5-10,13H,4,11-12H2,1-3H3. The van der Waals surface area contributed by atoms with E-state index in [0.29, 0.717) is 11.3 Å². The molecule has 0 radical (unpaired) electrons. The second-order valence-corrected chi connectivity index (χ2v) is 7.16. The van der Waals surface area contributed by atoms with E-state index in [2.05, 4.69) is 9.55 Å². The average molecular weight is 382 g/mol. The fourth-order valence-electron chi connectivity index (χ4n) is 3.09.